The number of nitriles is 1. The standard InChI is InChI=1S/C7H12N2O/c1-6-3-10-4-7(6)9(2)5-8/h6-7H,3-4H2,1-2H3. The number of rotatable bonds is 1. The van der Waals surface area contributed by atoms with E-state index >= 15 is 0 Å². The van der Waals surface area contributed by atoms with Gasteiger partial charge in [0.25, 0.3) is 0 Å². The molecule has 2 atom stereocenters. The maximum absolute atomic E-state index is 8.53. The minimum atomic E-state index is 0.296. The SMILES string of the molecule is CC1COCC1N(C)C#N. The van der Waals surface area contributed by atoms with Gasteiger partial charge in [-0.3, -0.25) is 0 Å². The smallest absolute Gasteiger partial charge is 0.179 e. The van der Waals surface area contributed by atoms with Crippen LogP contribution >= 0.6 is 0 Å². The maximum atomic E-state index is 8.53. The van der Waals surface area contributed by atoms with E-state index in [1.165, 1.54) is 0 Å². The zero-order valence-corrected chi connectivity index (χ0v) is 6.37. The molecule has 0 aromatic rings. The van der Waals surface area contributed by atoms with Crippen molar-refractivity contribution in [3.05, 3.63) is 0 Å². The van der Waals surface area contributed by atoms with Crippen LogP contribution < -0.4 is 0 Å². The summed E-state index contributed by atoms with van der Waals surface area (Å²) < 4.78 is 5.20. The lowest BCUT2D eigenvalue weighted by Gasteiger charge is -2.19. The van der Waals surface area contributed by atoms with Crippen molar-refractivity contribution >= 4 is 0 Å². The predicted octanol–water partition coefficient (Wildman–Crippen LogP) is 0.434. The summed E-state index contributed by atoms with van der Waals surface area (Å²) in [6, 6.07) is 0.296. The van der Waals surface area contributed by atoms with Crippen molar-refractivity contribution in [2.75, 3.05) is 20.3 Å². The minimum absolute atomic E-state index is 0.296. The van der Waals surface area contributed by atoms with E-state index in [4.69, 9.17) is 10.00 Å². The van der Waals surface area contributed by atoms with Gasteiger partial charge in [-0.1, -0.05) is 6.92 Å². The van der Waals surface area contributed by atoms with E-state index in [1.807, 2.05) is 0 Å². The molecule has 1 fully saturated rings. The Morgan fingerprint density at radius 1 is 1.60 bits per heavy atom. The van der Waals surface area contributed by atoms with E-state index in [2.05, 4.69) is 13.1 Å². The zero-order valence-electron chi connectivity index (χ0n) is 6.37. The molecule has 0 aromatic carbocycles. The van der Waals surface area contributed by atoms with Crippen LogP contribution in [0.5, 0.6) is 0 Å². The molecule has 3 nitrogen and oxygen atoms in total. The highest BCUT2D eigenvalue weighted by molar-refractivity contribution is 4.85. The number of ether oxygens (including phenoxy) is 1. The molecule has 0 N–H and O–H groups in total. The minimum Gasteiger partial charge on any atom is -0.379 e. The lowest BCUT2D eigenvalue weighted by atomic mass is 10.1. The molecule has 1 saturated heterocycles. The van der Waals surface area contributed by atoms with Gasteiger partial charge in [0.1, 0.15) is 0 Å². The van der Waals surface area contributed by atoms with Gasteiger partial charge in [-0.25, -0.2) is 0 Å². The van der Waals surface area contributed by atoms with E-state index < -0.39 is 0 Å². The summed E-state index contributed by atoms with van der Waals surface area (Å²) in [6.45, 7) is 3.59. The summed E-state index contributed by atoms with van der Waals surface area (Å²) in [5.41, 5.74) is 0. The molecule has 1 rings (SSSR count). The molecule has 1 aliphatic rings. The summed E-state index contributed by atoms with van der Waals surface area (Å²) >= 11 is 0. The Hall–Kier alpha value is -0.750. The topological polar surface area (TPSA) is 36.3 Å². The van der Waals surface area contributed by atoms with Crippen LogP contribution in [0.4, 0.5) is 0 Å². The molecule has 0 spiro atoms. The average Bonchev–Trinajstić information content (AvgIpc) is 2.34. The number of hydrogen-bond donors (Lipinski definition) is 0. The van der Waals surface area contributed by atoms with E-state index in [9.17, 15) is 0 Å². The number of nitrogens with zero attached hydrogens (tertiary/aromatic N) is 2. The van der Waals surface area contributed by atoms with Gasteiger partial charge in [0, 0.05) is 13.0 Å². The first-order valence-electron chi connectivity index (χ1n) is 3.46. The van der Waals surface area contributed by atoms with Crippen LogP contribution in [0.1, 0.15) is 6.92 Å². The quantitative estimate of drug-likeness (QED) is 0.391. The second-order valence-electron chi connectivity index (χ2n) is 2.79. The van der Waals surface area contributed by atoms with Crippen LogP contribution in [-0.4, -0.2) is 31.2 Å². The summed E-state index contributed by atoms with van der Waals surface area (Å²) in [5.74, 6) is 0.490. The van der Waals surface area contributed by atoms with Crippen molar-refractivity contribution in [1.82, 2.24) is 4.90 Å². The summed E-state index contributed by atoms with van der Waals surface area (Å²) in [7, 11) is 1.80. The Morgan fingerprint density at radius 3 is 2.70 bits per heavy atom. The molecule has 3 heteroatoms. The van der Waals surface area contributed by atoms with Gasteiger partial charge in [0.2, 0.25) is 0 Å². The molecule has 0 aliphatic carbocycles. The van der Waals surface area contributed by atoms with Crippen LogP contribution in [0.25, 0.3) is 0 Å². The molecule has 0 radical (unpaired) electrons. The van der Waals surface area contributed by atoms with Crippen LogP contribution in [-0.2, 0) is 4.74 Å². The highest BCUT2D eigenvalue weighted by Gasteiger charge is 2.27. The van der Waals surface area contributed by atoms with Gasteiger partial charge in [-0.05, 0) is 0 Å². The second-order valence-corrected chi connectivity index (χ2v) is 2.79. The second kappa shape index (κ2) is 2.89. The third kappa shape index (κ3) is 1.22. The zero-order chi connectivity index (χ0) is 7.56. The van der Waals surface area contributed by atoms with Gasteiger partial charge < -0.3 is 9.64 Å². The predicted molar refractivity (Wildman–Crippen MR) is 37.1 cm³/mol. The third-order valence-electron chi connectivity index (χ3n) is 1.98. The first-order chi connectivity index (χ1) is 4.75. The van der Waals surface area contributed by atoms with Crippen LogP contribution in [0.2, 0.25) is 0 Å². The molecule has 1 aliphatic heterocycles. The molecular weight excluding hydrogens is 128 g/mol. The monoisotopic (exact) mass is 140 g/mol. The van der Waals surface area contributed by atoms with E-state index in [0.717, 1.165) is 6.61 Å². The molecule has 2 unspecified atom stereocenters. The van der Waals surface area contributed by atoms with Crippen molar-refractivity contribution in [1.29, 1.82) is 5.26 Å². The van der Waals surface area contributed by atoms with Gasteiger partial charge in [-0.15, -0.1) is 0 Å². The first-order valence-corrected chi connectivity index (χ1v) is 3.46. The molecule has 10 heavy (non-hydrogen) atoms. The van der Waals surface area contributed by atoms with Crippen molar-refractivity contribution in [2.24, 2.45) is 5.92 Å². The Morgan fingerprint density at radius 2 is 2.30 bits per heavy atom. The Bertz CT molecular complexity index is 152. The lowest BCUT2D eigenvalue weighted by Crippen LogP contribution is -2.32. The van der Waals surface area contributed by atoms with Gasteiger partial charge in [0.05, 0.1) is 19.3 Å². The van der Waals surface area contributed by atoms with Gasteiger partial charge in [0.15, 0.2) is 6.19 Å². The summed E-state index contributed by atoms with van der Waals surface area (Å²) in [6.07, 6.45) is 2.09. The third-order valence-corrected chi connectivity index (χ3v) is 1.98. The van der Waals surface area contributed by atoms with Gasteiger partial charge >= 0.3 is 0 Å². The number of likely N-dealkylation sites (N-methyl/N-ethyl adjacent to an activating group) is 1. The lowest BCUT2D eigenvalue weighted by molar-refractivity contribution is 0.175. The van der Waals surface area contributed by atoms with Crippen molar-refractivity contribution < 1.29 is 4.74 Å². The van der Waals surface area contributed by atoms with E-state index in [1.54, 1.807) is 11.9 Å². The van der Waals surface area contributed by atoms with Crippen molar-refractivity contribution in [3.8, 4) is 6.19 Å². The Kier molecular flexibility index (Phi) is 2.13. The molecular formula is C7H12N2O. The summed E-state index contributed by atoms with van der Waals surface area (Å²) in [5, 5.41) is 8.53. The Labute approximate surface area is 61.2 Å². The van der Waals surface area contributed by atoms with Crippen LogP contribution in [0, 0.1) is 17.4 Å². The van der Waals surface area contributed by atoms with E-state index in [0.29, 0.717) is 18.6 Å². The highest BCUT2D eigenvalue weighted by Crippen LogP contribution is 2.16. The van der Waals surface area contributed by atoms with Gasteiger partial charge in [-0.2, -0.15) is 5.26 Å². The molecule has 0 saturated carbocycles. The first kappa shape index (κ1) is 7.36. The summed E-state index contributed by atoms with van der Waals surface area (Å²) in [4.78, 5) is 1.66. The normalized spacial score (nSPS) is 31.7. The fraction of sp³-hybridized carbons (Fsp3) is 0.857. The Balaban J connectivity index is 2.48. The fourth-order valence-corrected chi connectivity index (χ4v) is 1.22. The highest BCUT2D eigenvalue weighted by atomic mass is 16.5. The van der Waals surface area contributed by atoms with Crippen LogP contribution in [0.3, 0.4) is 0 Å². The number of hydrogen-bond acceptors (Lipinski definition) is 3. The average molecular weight is 140 g/mol. The fourth-order valence-electron chi connectivity index (χ4n) is 1.22. The van der Waals surface area contributed by atoms with Crippen LogP contribution in [0.15, 0.2) is 0 Å². The molecule has 1 heterocycles. The molecule has 0 amide bonds. The molecule has 0 bridgehead atoms. The van der Waals surface area contributed by atoms with E-state index in [-0.39, 0.29) is 0 Å². The van der Waals surface area contributed by atoms with Crippen molar-refractivity contribution in [2.45, 2.75) is 13.0 Å². The molecule has 0 aromatic heterocycles. The largest absolute Gasteiger partial charge is 0.379 e. The van der Waals surface area contributed by atoms with Crippen molar-refractivity contribution in [3.63, 3.8) is 0 Å². The maximum Gasteiger partial charge on any atom is 0.179 e. The molecule has 56 valence electrons.